The van der Waals surface area contributed by atoms with Crippen LogP contribution in [0.1, 0.15) is 25.4 Å². The molecule has 0 aliphatic carbocycles. The predicted octanol–water partition coefficient (Wildman–Crippen LogP) is 4.30. The summed E-state index contributed by atoms with van der Waals surface area (Å²) in [5.41, 5.74) is 1.62. The third kappa shape index (κ3) is 5.10. The molecule has 6 nitrogen and oxygen atoms in total. The first-order valence-corrected chi connectivity index (χ1v) is 8.08. The van der Waals surface area contributed by atoms with E-state index in [0.717, 1.165) is 6.08 Å². The summed E-state index contributed by atoms with van der Waals surface area (Å²) in [7, 11) is 0. The van der Waals surface area contributed by atoms with E-state index in [0.29, 0.717) is 28.7 Å². The van der Waals surface area contributed by atoms with E-state index in [-0.39, 0.29) is 17.5 Å². The van der Waals surface area contributed by atoms with Crippen molar-refractivity contribution in [1.29, 1.82) is 0 Å². The molecule has 0 radical (unpaired) electrons. The van der Waals surface area contributed by atoms with Crippen molar-refractivity contribution in [1.82, 2.24) is 20.1 Å². The van der Waals surface area contributed by atoms with Gasteiger partial charge in [-0.2, -0.15) is 0 Å². The van der Waals surface area contributed by atoms with Gasteiger partial charge in [0.25, 0.3) is 0 Å². The lowest BCUT2D eigenvalue weighted by Gasteiger charge is -2.21. The molecule has 0 N–H and O–H groups in total. The highest BCUT2D eigenvalue weighted by molar-refractivity contribution is 6.29. The summed E-state index contributed by atoms with van der Waals surface area (Å²) in [6, 6.07) is 3.51. The Kier molecular flexibility index (Phi) is 6.41. The Morgan fingerprint density at radius 2 is 2.08 bits per heavy atom. The van der Waals surface area contributed by atoms with Crippen molar-refractivity contribution < 1.29 is 13.6 Å². The summed E-state index contributed by atoms with van der Waals surface area (Å²) in [5.74, 6) is -0.00177. The van der Waals surface area contributed by atoms with Gasteiger partial charge in [-0.25, -0.2) is 4.39 Å². The van der Waals surface area contributed by atoms with Crippen LogP contribution in [-0.2, 0) is 11.3 Å². The lowest BCUT2D eigenvalue weighted by Crippen LogP contribution is -2.26. The summed E-state index contributed by atoms with van der Waals surface area (Å²) < 4.78 is 18.8. The number of allylic oxidation sites excluding steroid dienone is 4. The number of nitrogens with zero attached hydrogens (tertiary/aromatic N) is 4. The monoisotopic (exact) mass is 376 g/mol. The van der Waals surface area contributed by atoms with Crippen LogP contribution in [0.2, 0.25) is 0 Å². The Balaban J connectivity index is 2.13. The topological polar surface area (TPSA) is 72.1 Å². The highest BCUT2D eigenvalue weighted by atomic mass is 35.5. The molecule has 26 heavy (non-hydrogen) atoms. The molecule has 2 aromatic heterocycles. The fourth-order valence-electron chi connectivity index (χ4n) is 2.01. The van der Waals surface area contributed by atoms with Crippen LogP contribution in [0.15, 0.2) is 58.0 Å². The second-order valence-electron chi connectivity index (χ2n) is 5.48. The molecular formula is C18H18ClFN4O2. The van der Waals surface area contributed by atoms with Crippen LogP contribution in [0.4, 0.5) is 4.39 Å². The Morgan fingerprint density at radius 3 is 2.58 bits per heavy atom. The largest absolute Gasteiger partial charge is 0.421 e. The van der Waals surface area contributed by atoms with Gasteiger partial charge in [0.05, 0.1) is 22.8 Å². The van der Waals surface area contributed by atoms with Gasteiger partial charge in [-0.1, -0.05) is 18.2 Å². The highest BCUT2D eigenvalue weighted by Crippen LogP contribution is 2.18. The smallest absolute Gasteiger partial charge is 0.249 e. The molecule has 136 valence electrons. The first kappa shape index (κ1) is 19.5. The molecule has 0 fully saturated rings. The predicted molar refractivity (Wildman–Crippen MR) is 96.4 cm³/mol. The van der Waals surface area contributed by atoms with Gasteiger partial charge >= 0.3 is 0 Å². The Morgan fingerprint density at radius 1 is 1.35 bits per heavy atom. The summed E-state index contributed by atoms with van der Waals surface area (Å²) in [6.45, 7) is 8.51. The Bertz CT molecular complexity index is 868. The first-order valence-electron chi connectivity index (χ1n) is 7.70. The van der Waals surface area contributed by atoms with Gasteiger partial charge in [0, 0.05) is 25.7 Å². The van der Waals surface area contributed by atoms with Crippen molar-refractivity contribution in [3.05, 3.63) is 65.2 Å². The molecule has 0 saturated carbocycles. The molecule has 2 rings (SSSR count). The van der Waals surface area contributed by atoms with E-state index in [9.17, 15) is 9.18 Å². The van der Waals surface area contributed by atoms with Crippen LogP contribution in [-0.4, -0.2) is 26.0 Å². The number of carbonyl (C=O) groups excluding carboxylic acids is 1. The van der Waals surface area contributed by atoms with E-state index >= 15 is 0 Å². The maximum Gasteiger partial charge on any atom is 0.249 e. The van der Waals surface area contributed by atoms with Gasteiger partial charge in [-0.3, -0.25) is 9.78 Å². The lowest BCUT2D eigenvalue weighted by atomic mass is 10.2. The molecule has 1 amide bonds. The molecule has 2 aromatic rings. The minimum Gasteiger partial charge on any atom is -0.421 e. The SMILES string of the molecule is C=C(/C=C\C(F)=C(/C)Cl)N(Cc1ccc(-c2nnc(C)o2)cn1)C(C)=O. The number of rotatable bonds is 6. The van der Waals surface area contributed by atoms with E-state index in [2.05, 4.69) is 21.8 Å². The third-order valence-corrected chi connectivity index (χ3v) is 3.58. The zero-order valence-electron chi connectivity index (χ0n) is 14.7. The molecule has 0 aromatic carbocycles. The molecular weight excluding hydrogens is 359 g/mol. The molecule has 0 aliphatic heterocycles. The summed E-state index contributed by atoms with van der Waals surface area (Å²) in [4.78, 5) is 17.6. The van der Waals surface area contributed by atoms with Gasteiger partial charge in [-0.05, 0) is 31.2 Å². The number of amides is 1. The maximum absolute atomic E-state index is 13.5. The van der Waals surface area contributed by atoms with Gasteiger partial charge < -0.3 is 9.32 Å². The summed E-state index contributed by atoms with van der Waals surface area (Å²) in [5, 5.41) is 7.71. The maximum atomic E-state index is 13.5. The molecule has 0 unspecified atom stereocenters. The second kappa shape index (κ2) is 8.53. The van der Waals surface area contributed by atoms with Crippen molar-refractivity contribution in [2.45, 2.75) is 27.3 Å². The van der Waals surface area contributed by atoms with Crippen molar-refractivity contribution >= 4 is 17.5 Å². The average Bonchev–Trinajstić information content (AvgIpc) is 3.03. The Labute approximate surface area is 155 Å². The zero-order valence-corrected chi connectivity index (χ0v) is 15.4. The average molecular weight is 377 g/mol. The Hall–Kier alpha value is -2.80. The normalized spacial score (nSPS) is 12.2. The van der Waals surface area contributed by atoms with Crippen LogP contribution in [0.5, 0.6) is 0 Å². The van der Waals surface area contributed by atoms with Crippen LogP contribution in [0.3, 0.4) is 0 Å². The zero-order chi connectivity index (χ0) is 19.3. The molecule has 0 spiro atoms. The molecule has 8 heteroatoms. The number of aromatic nitrogens is 3. The standard InChI is InChI=1S/C18H18ClFN4O2/c1-11(5-8-17(20)12(2)19)24(14(4)25)10-16-7-6-15(9-21-16)18-23-22-13(3)26-18/h5-9H,1,10H2,2-4H3/b8-5-,17-12-. The van der Waals surface area contributed by atoms with Gasteiger partial charge in [-0.15, -0.1) is 10.2 Å². The van der Waals surface area contributed by atoms with Crippen molar-refractivity contribution in [2.24, 2.45) is 0 Å². The quantitative estimate of drug-likeness (QED) is 0.703. The summed E-state index contributed by atoms with van der Waals surface area (Å²) in [6.07, 6.45) is 4.13. The second-order valence-corrected chi connectivity index (χ2v) is 6.04. The van der Waals surface area contributed by atoms with E-state index in [1.807, 2.05) is 0 Å². The first-order chi connectivity index (χ1) is 12.3. The number of carbonyl (C=O) groups is 1. The molecule has 0 atom stereocenters. The van der Waals surface area contributed by atoms with Crippen LogP contribution in [0.25, 0.3) is 11.5 Å². The van der Waals surface area contributed by atoms with Crippen molar-refractivity contribution in [2.75, 3.05) is 0 Å². The minimum absolute atomic E-state index is 0.0249. The van der Waals surface area contributed by atoms with Crippen molar-refractivity contribution in [3.63, 3.8) is 0 Å². The fraction of sp³-hybridized carbons (Fsp3) is 0.222. The highest BCUT2D eigenvalue weighted by Gasteiger charge is 2.13. The van der Waals surface area contributed by atoms with E-state index in [4.69, 9.17) is 16.0 Å². The molecule has 2 heterocycles. The van der Waals surface area contributed by atoms with Crippen LogP contribution in [0, 0.1) is 6.92 Å². The molecule has 0 bridgehead atoms. The molecule has 0 aliphatic rings. The van der Waals surface area contributed by atoms with Gasteiger partial charge in [0.1, 0.15) is 5.83 Å². The third-order valence-electron chi connectivity index (χ3n) is 3.40. The van der Waals surface area contributed by atoms with E-state index in [1.54, 1.807) is 25.3 Å². The van der Waals surface area contributed by atoms with Crippen molar-refractivity contribution in [3.8, 4) is 11.5 Å². The number of hydrogen-bond acceptors (Lipinski definition) is 5. The number of aryl methyl sites for hydroxylation is 1. The number of hydrogen-bond donors (Lipinski definition) is 0. The number of pyridine rings is 1. The van der Waals surface area contributed by atoms with Crippen LogP contribution >= 0.6 is 11.6 Å². The van der Waals surface area contributed by atoms with Gasteiger partial charge in [0.15, 0.2) is 0 Å². The molecule has 0 saturated heterocycles. The lowest BCUT2D eigenvalue weighted by molar-refractivity contribution is -0.127. The minimum atomic E-state index is -0.589. The van der Waals surface area contributed by atoms with Crippen LogP contribution < -0.4 is 0 Å². The van der Waals surface area contributed by atoms with Gasteiger partial charge in [0.2, 0.25) is 17.7 Å². The van der Waals surface area contributed by atoms with E-state index < -0.39 is 5.83 Å². The van der Waals surface area contributed by atoms with E-state index in [1.165, 1.54) is 24.8 Å². The summed E-state index contributed by atoms with van der Waals surface area (Å²) >= 11 is 5.57. The fourth-order valence-corrected chi connectivity index (χ4v) is 2.07. The number of halogens is 2.